The van der Waals surface area contributed by atoms with Crippen LogP contribution in [-0.4, -0.2) is 56.2 Å². The van der Waals surface area contributed by atoms with Crippen molar-refractivity contribution in [3.8, 4) is 11.8 Å². The Morgan fingerprint density at radius 3 is 2.51 bits per heavy atom. The van der Waals surface area contributed by atoms with E-state index in [1.807, 2.05) is 0 Å². The Hall–Kier alpha value is -1.93. The summed E-state index contributed by atoms with van der Waals surface area (Å²) < 4.78 is 47.6. The molecule has 11 heteroatoms. The third kappa shape index (κ3) is 5.91. The van der Waals surface area contributed by atoms with E-state index in [-0.39, 0.29) is 53.1 Å². The molecule has 2 aromatic rings. The molecule has 1 saturated carbocycles. The van der Waals surface area contributed by atoms with Crippen LogP contribution < -0.4 is 10.1 Å². The molecule has 2 fully saturated rings. The molecule has 0 amide bonds. The van der Waals surface area contributed by atoms with E-state index >= 15 is 0 Å². The zero-order chi connectivity index (χ0) is 25.2. The molecular formula is C24H26Cl2FN3O4S. The van der Waals surface area contributed by atoms with E-state index in [0.29, 0.717) is 11.6 Å². The van der Waals surface area contributed by atoms with Gasteiger partial charge >= 0.3 is 0 Å². The number of halogens is 3. The Kier molecular flexibility index (Phi) is 7.91. The number of sulfonamides is 1. The molecule has 0 spiro atoms. The van der Waals surface area contributed by atoms with Gasteiger partial charge < -0.3 is 15.2 Å². The molecule has 4 rings (SSSR count). The number of hydrogen-bond acceptors (Lipinski definition) is 6. The largest absolute Gasteiger partial charge is 0.493 e. The molecule has 35 heavy (non-hydrogen) atoms. The van der Waals surface area contributed by atoms with Crippen LogP contribution in [0.15, 0.2) is 41.3 Å². The fourth-order valence-corrected chi connectivity index (χ4v) is 6.92. The van der Waals surface area contributed by atoms with E-state index in [1.165, 1.54) is 34.6 Å². The number of benzene rings is 2. The molecule has 0 aromatic heterocycles. The standard InChI is InChI=1S/C24H26Cl2FN3O4S/c25-17-2-8-23(21(26)9-17)35(32,33)30-13-24(14-30,12-29-18-3-5-19(31)6-4-18)15-34-20-7-1-16(11-28)22(27)10-20/h1-2,7-10,18-19,29,31H,3-6,12-15H2/t18-,19-. The van der Waals surface area contributed by atoms with Gasteiger partial charge in [-0.1, -0.05) is 23.2 Å². The van der Waals surface area contributed by atoms with Crippen LogP contribution in [0.25, 0.3) is 0 Å². The number of hydrogen-bond donors (Lipinski definition) is 2. The predicted octanol–water partition coefficient (Wildman–Crippen LogP) is 3.97. The lowest BCUT2D eigenvalue weighted by atomic mass is 9.81. The first-order valence-corrected chi connectivity index (χ1v) is 13.5. The Bertz CT molecular complexity index is 1220. The minimum atomic E-state index is -3.84. The van der Waals surface area contributed by atoms with Crippen LogP contribution in [0.2, 0.25) is 10.0 Å². The topological polar surface area (TPSA) is 103 Å². The smallest absolute Gasteiger partial charge is 0.244 e. The highest BCUT2D eigenvalue weighted by Gasteiger charge is 2.49. The zero-order valence-electron chi connectivity index (χ0n) is 18.9. The van der Waals surface area contributed by atoms with Crippen molar-refractivity contribution in [3.63, 3.8) is 0 Å². The summed E-state index contributed by atoms with van der Waals surface area (Å²) in [6, 6.07) is 10.3. The first-order valence-electron chi connectivity index (χ1n) is 11.3. The van der Waals surface area contributed by atoms with Crippen LogP contribution in [0.5, 0.6) is 5.75 Å². The quantitative estimate of drug-likeness (QED) is 0.524. The number of nitriles is 1. The molecule has 1 saturated heterocycles. The van der Waals surface area contributed by atoms with Gasteiger partial charge in [-0.3, -0.25) is 0 Å². The number of ether oxygens (including phenoxy) is 1. The van der Waals surface area contributed by atoms with Gasteiger partial charge in [0.25, 0.3) is 0 Å². The number of nitrogens with one attached hydrogen (secondary N) is 1. The number of aliphatic hydroxyl groups is 1. The molecule has 7 nitrogen and oxygen atoms in total. The minimum absolute atomic E-state index is 0.0125. The molecule has 2 N–H and O–H groups in total. The van der Waals surface area contributed by atoms with Crippen molar-refractivity contribution in [1.82, 2.24) is 9.62 Å². The predicted molar refractivity (Wildman–Crippen MR) is 131 cm³/mol. The lowest BCUT2D eigenvalue weighted by Gasteiger charge is -2.49. The summed E-state index contributed by atoms with van der Waals surface area (Å²) in [6.07, 6.45) is 2.84. The van der Waals surface area contributed by atoms with Gasteiger partial charge in [0.2, 0.25) is 10.0 Å². The Labute approximate surface area is 214 Å². The van der Waals surface area contributed by atoms with E-state index in [0.717, 1.165) is 31.7 Å². The van der Waals surface area contributed by atoms with Gasteiger partial charge in [0.05, 0.1) is 23.3 Å². The molecule has 2 aliphatic rings. The summed E-state index contributed by atoms with van der Waals surface area (Å²) in [4.78, 5) is -0.0125. The highest BCUT2D eigenvalue weighted by molar-refractivity contribution is 7.89. The van der Waals surface area contributed by atoms with Crippen molar-refractivity contribution in [2.45, 2.75) is 42.7 Å². The summed E-state index contributed by atoms with van der Waals surface area (Å²) in [6.45, 7) is 1.03. The number of rotatable bonds is 8. The maximum Gasteiger partial charge on any atom is 0.244 e. The second kappa shape index (κ2) is 10.6. The molecule has 1 aliphatic carbocycles. The third-order valence-corrected chi connectivity index (χ3v) is 9.11. The fourth-order valence-electron chi connectivity index (χ4n) is 4.50. The van der Waals surface area contributed by atoms with Gasteiger partial charge in [-0.2, -0.15) is 9.57 Å². The molecule has 1 aliphatic heterocycles. The van der Waals surface area contributed by atoms with Gasteiger partial charge in [0.15, 0.2) is 0 Å². The van der Waals surface area contributed by atoms with Crippen LogP contribution >= 0.6 is 23.2 Å². The molecule has 2 aromatic carbocycles. The van der Waals surface area contributed by atoms with Crippen molar-refractivity contribution in [2.24, 2.45) is 5.41 Å². The molecular weight excluding hydrogens is 516 g/mol. The van der Waals surface area contributed by atoms with Crippen molar-refractivity contribution < 1.29 is 22.7 Å². The van der Waals surface area contributed by atoms with Gasteiger partial charge in [-0.05, 0) is 56.0 Å². The van der Waals surface area contributed by atoms with E-state index in [1.54, 1.807) is 6.07 Å². The molecule has 188 valence electrons. The van der Waals surface area contributed by atoms with Crippen molar-refractivity contribution in [2.75, 3.05) is 26.2 Å². The third-order valence-electron chi connectivity index (χ3n) is 6.60. The average molecular weight is 542 g/mol. The highest BCUT2D eigenvalue weighted by atomic mass is 35.5. The van der Waals surface area contributed by atoms with Gasteiger partial charge in [0.1, 0.15) is 22.5 Å². The Balaban J connectivity index is 1.48. The van der Waals surface area contributed by atoms with Gasteiger partial charge in [-0.25, -0.2) is 12.8 Å². The fraction of sp³-hybridized carbons (Fsp3) is 0.458. The lowest BCUT2D eigenvalue weighted by molar-refractivity contribution is 0.0141. The van der Waals surface area contributed by atoms with E-state index in [4.69, 9.17) is 33.2 Å². The summed E-state index contributed by atoms with van der Waals surface area (Å²) in [7, 11) is -3.84. The molecule has 0 atom stereocenters. The normalized spacial score (nSPS) is 22.3. The average Bonchev–Trinajstić information content (AvgIpc) is 2.79. The van der Waals surface area contributed by atoms with Crippen LogP contribution in [0.3, 0.4) is 0 Å². The van der Waals surface area contributed by atoms with Crippen LogP contribution in [0.4, 0.5) is 4.39 Å². The first-order chi connectivity index (χ1) is 16.6. The maximum absolute atomic E-state index is 14.0. The lowest BCUT2D eigenvalue weighted by Crippen LogP contribution is -2.65. The summed E-state index contributed by atoms with van der Waals surface area (Å²) in [5, 5.41) is 22.6. The number of nitrogens with zero attached hydrogens (tertiary/aromatic N) is 2. The van der Waals surface area contributed by atoms with E-state index < -0.39 is 21.3 Å². The van der Waals surface area contributed by atoms with Crippen LogP contribution in [0, 0.1) is 22.6 Å². The molecule has 0 bridgehead atoms. The molecule has 0 unspecified atom stereocenters. The SMILES string of the molecule is N#Cc1ccc(OCC2(CN[C@H]3CC[C@H](O)CC3)CN(S(=O)(=O)c3ccc(Cl)cc3Cl)C2)cc1F. The highest BCUT2D eigenvalue weighted by Crippen LogP contribution is 2.38. The van der Waals surface area contributed by atoms with Gasteiger partial charge in [-0.15, -0.1) is 0 Å². The summed E-state index contributed by atoms with van der Waals surface area (Å²) >= 11 is 12.1. The first kappa shape index (κ1) is 26.1. The van der Waals surface area contributed by atoms with Gasteiger partial charge in [0, 0.05) is 42.2 Å². The van der Waals surface area contributed by atoms with Crippen molar-refractivity contribution >= 4 is 33.2 Å². The monoisotopic (exact) mass is 541 g/mol. The van der Waals surface area contributed by atoms with E-state index in [2.05, 4.69) is 5.32 Å². The second-order valence-electron chi connectivity index (χ2n) is 9.28. The van der Waals surface area contributed by atoms with Crippen LogP contribution in [0.1, 0.15) is 31.2 Å². The molecule has 1 heterocycles. The summed E-state index contributed by atoms with van der Waals surface area (Å²) in [5.41, 5.74) is -0.624. The minimum Gasteiger partial charge on any atom is -0.493 e. The van der Waals surface area contributed by atoms with E-state index in [9.17, 15) is 17.9 Å². The van der Waals surface area contributed by atoms with Crippen molar-refractivity contribution in [3.05, 3.63) is 57.8 Å². The van der Waals surface area contributed by atoms with Crippen LogP contribution in [-0.2, 0) is 10.0 Å². The number of aliphatic hydroxyl groups excluding tert-OH is 1. The summed E-state index contributed by atoms with van der Waals surface area (Å²) in [5.74, 6) is -0.406. The Morgan fingerprint density at radius 1 is 1.17 bits per heavy atom. The Morgan fingerprint density at radius 2 is 1.89 bits per heavy atom. The maximum atomic E-state index is 14.0. The molecule has 0 radical (unpaired) electrons. The second-order valence-corrected chi connectivity index (χ2v) is 12.0. The zero-order valence-corrected chi connectivity index (χ0v) is 21.2. The van der Waals surface area contributed by atoms with Crippen molar-refractivity contribution in [1.29, 1.82) is 5.26 Å².